The lowest BCUT2D eigenvalue weighted by molar-refractivity contribution is 0.0374. The van der Waals surface area contributed by atoms with Gasteiger partial charge in [-0.1, -0.05) is 6.07 Å². The van der Waals surface area contributed by atoms with Gasteiger partial charge in [-0.05, 0) is 56.3 Å². The highest BCUT2D eigenvalue weighted by atomic mass is 32.2. The Morgan fingerprint density at radius 3 is 2.83 bits per heavy atom. The molecule has 4 rings (SSSR count). The van der Waals surface area contributed by atoms with Gasteiger partial charge in [-0.15, -0.1) is 11.3 Å². The minimum atomic E-state index is -3.54. The predicted molar refractivity (Wildman–Crippen MR) is 136 cm³/mol. The molecule has 2 aliphatic rings. The van der Waals surface area contributed by atoms with Crippen LogP contribution in [0.25, 0.3) is 0 Å². The van der Waals surface area contributed by atoms with E-state index >= 15 is 0 Å². The van der Waals surface area contributed by atoms with Gasteiger partial charge in [0.05, 0.1) is 26.9 Å². The summed E-state index contributed by atoms with van der Waals surface area (Å²) in [6.45, 7) is 6.78. The highest BCUT2D eigenvalue weighted by molar-refractivity contribution is 7.91. The molecule has 2 saturated heterocycles. The molecule has 35 heavy (non-hydrogen) atoms. The lowest BCUT2D eigenvalue weighted by Gasteiger charge is -2.26. The highest BCUT2D eigenvalue weighted by Crippen LogP contribution is 2.27. The minimum absolute atomic E-state index is 0.177. The van der Waals surface area contributed by atoms with Gasteiger partial charge in [0.15, 0.2) is 0 Å². The third-order valence-corrected chi connectivity index (χ3v) is 9.74. The largest absolute Gasteiger partial charge is 0.497 e. The summed E-state index contributed by atoms with van der Waals surface area (Å²) in [6, 6.07) is 10.5. The Morgan fingerprint density at radius 2 is 2.03 bits per heavy atom. The Morgan fingerprint density at radius 1 is 1.20 bits per heavy atom. The van der Waals surface area contributed by atoms with Crippen molar-refractivity contribution in [3.63, 3.8) is 0 Å². The first kappa shape index (κ1) is 26.1. The number of ether oxygens (including phenoxy) is 2. The molecule has 9 nitrogen and oxygen atoms in total. The molecular formula is C24H34N4O5S2. The Bertz CT molecular complexity index is 1090. The summed E-state index contributed by atoms with van der Waals surface area (Å²) in [5, 5.41) is 6.37. The van der Waals surface area contributed by atoms with E-state index in [9.17, 15) is 13.2 Å². The van der Waals surface area contributed by atoms with Crippen LogP contribution in [0.4, 0.5) is 0 Å². The van der Waals surface area contributed by atoms with Gasteiger partial charge in [-0.3, -0.25) is 9.69 Å². The summed E-state index contributed by atoms with van der Waals surface area (Å²) >= 11 is 1.20. The van der Waals surface area contributed by atoms with Crippen LogP contribution in [0.5, 0.6) is 5.75 Å². The molecule has 1 amide bonds. The molecule has 0 aliphatic carbocycles. The molecule has 2 aromatic rings. The van der Waals surface area contributed by atoms with Crippen molar-refractivity contribution in [1.82, 2.24) is 19.8 Å². The zero-order chi connectivity index (χ0) is 24.7. The predicted octanol–water partition coefficient (Wildman–Crippen LogP) is 1.76. The molecule has 192 valence electrons. The monoisotopic (exact) mass is 522 g/mol. The maximum atomic E-state index is 13.1. The molecular weight excluding hydrogens is 488 g/mol. The maximum absolute atomic E-state index is 13.1. The Hall–Kier alpha value is -2.02. The van der Waals surface area contributed by atoms with E-state index in [1.807, 2.05) is 0 Å². The van der Waals surface area contributed by atoms with Crippen LogP contribution in [-0.4, -0.2) is 89.2 Å². The number of methoxy groups -OCH3 is 1. The first-order chi connectivity index (χ1) is 17.0. The third kappa shape index (κ3) is 7.02. The molecule has 1 aromatic heterocycles. The Kier molecular flexibility index (Phi) is 9.15. The Labute approximate surface area is 211 Å². The van der Waals surface area contributed by atoms with Crippen LogP contribution in [0.2, 0.25) is 0 Å². The number of nitrogens with zero attached hydrogens (tertiary/aromatic N) is 2. The molecule has 2 N–H and O–H groups in total. The van der Waals surface area contributed by atoms with Crippen molar-refractivity contribution in [2.75, 3.05) is 59.6 Å². The number of carbonyl (C=O) groups is 1. The highest BCUT2D eigenvalue weighted by Gasteiger charge is 2.33. The van der Waals surface area contributed by atoms with E-state index in [-0.39, 0.29) is 18.5 Å². The van der Waals surface area contributed by atoms with Gasteiger partial charge >= 0.3 is 0 Å². The average Bonchev–Trinajstić information content (AvgIpc) is 3.57. The van der Waals surface area contributed by atoms with Crippen molar-refractivity contribution in [3.8, 4) is 5.75 Å². The number of carbonyl (C=O) groups excluding carboxylic acids is 1. The van der Waals surface area contributed by atoms with E-state index in [1.165, 1.54) is 11.3 Å². The number of sulfonamides is 1. The second-order valence-corrected chi connectivity index (χ2v) is 12.1. The van der Waals surface area contributed by atoms with Gasteiger partial charge in [0.2, 0.25) is 0 Å². The zero-order valence-electron chi connectivity index (χ0n) is 20.1. The van der Waals surface area contributed by atoms with E-state index < -0.39 is 10.0 Å². The first-order valence-corrected chi connectivity index (χ1v) is 14.3. The van der Waals surface area contributed by atoms with Crippen molar-refractivity contribution < 1.29 is 22.7 Å². The van der Waals surface area contributed by atoms with Crippen LogP contribution in [0.3, 0.4) is 0 Å². The molecule has 0 radical (unpaired) electrons. The van der Waals surface area contributed by atoms with E-state index in [0.29, 0.717) is 28.6 Å². The molecule has 11 heteroatoms. The minimum Gasteiger partial charge on any atom is -0.497 e. The normalized spacial score (nSPS) is 19.6. The van der Waals surface area contributed by atoms with Crippen molar-refractivity contribution >= 4 is 27.3 Å². The lowest BCUT2D eigenvalue weighted by Crippen LogP contribution is -2.39. The zero-order valence-corrected chi connectivity index (χ0v) is 21.7. The quantitative estimate of drug-likeness (QED) is 0.434. The van der Waals surface area contributed by atoms with Crippen LogP contribution in [0.15, 0.2) is 40.6 Å². The number of morpholine rings is 1. The van der Waals surface area contributed by atoms with Crippen molar-refractivity contribution in [2.45, 2.75) is 29.6 Å². The summed E-state index contributed by atoms with van der Waals surface area (Å²) in [7, 11) is -1.99. The van der Waals surface area contributed by atoms with Gasteiger partial charge < -0.3 is 20.1 Å². The average molecular weight is 523 g/mol. The number of benzene rings is 1. The number of hydrogen-bond acceptors (Lipinski definition) is 8. The number of thiophene rings is 1. The maximum Gasteiger partial charge on any atom is 0.252 e. The van der Waals surface area contributed by atoms with Gasteiger partial charge in [-0.2, -0.15) is 4.31 Å². The molecule has 0 bridgehead atoms. The van der Waals surface area contributed by atoms with Crippen LogP contribution in [0, 0.1) is 0 Å². The lowest BCUT2D eigenvalue weighted by atomic mass is 10.2. The van der Waals surface area contributed by atoms with Gasteiger partial charge in [0.1, 0.15) is 9.96 Å². The molecule has 2 fully saturated rings. The number of rotatable bonds is 11. The van der Waals surface area contributed by atoms with Crippen molar-refractivity contribution in [3.05, 3.63) is 46.8 Å². The fourth-order valence-electron chi connectivity index (χ4n) is 4.30. The summed E-state index contributed by atoms with van der Waals surface area (Å²) in [5.74, 6) is 0.376. The van der Waals surface area contributed by atoms with Crippen LogP contribution in [-0.2, 0) is 21.3 Å². The smallest absolute Gasteiger partial charge is 0.252 e. The van der Waals surface area contributed by atoms with E-state index in [1.54, 1.807) is 47.8 Å². The van der Waals surface area contributed by atoms with Gasteiger partial charge in [-0.25, -0.2) is 8.42 Å². The van der Waals surface area contributed by atoms with Crippen molar-refractivity contribution in [2.24, 2.45) is 0 Å². The number of hydrogen-bond donors (Lipinski definition) is 2. The van der Waals surface area contributed by atoms with E-state index in [2.05, 4.69) is 15.5 Å². The molecule has 1 aromatic carbocycles. The molecule has 1 atom stereocenters. The SMILES string of the molecule is COc1cccc(C(=O)NCc2ccc(S(=O)(=O)N3CCC(NCCCN4CCOCC4)C3)s2)c1. The molecule has 3 heterocycles. The standard InChI is InChI=1S/C24H34N4O5S2/c1-32-21-5-2-4-19(16-21)24(29)26-17-22-6-7-23(34-22)35(30,31)28-11-8-20(18-28)25-9-3-10-27-12-14-33-15-13-27/h2,4-7,16,20,25H,3,8-15,17-18H2,1H3,(H,26,29). The summed E-state index contributed by atoms with van der Waals surface area (Å²) in [5.41, 5.74) is 0.495. The van der Waals surface area contributed by atoms with Gasteiger partial charge in [0, 0.05) is 42.7 Å². The van der Waals surface area contributed by atoms with E-state index in [0.717, 1.165) is 57.1 Å². The van der Waals surface area contributed by atoms with Gasteiger partial charge in [0.25, 0.3) is 15.9 Å². The van der Waals surface area contributed by atoms with E-state index in [4.69, 9.17) is 9.47 Å². The molecule has 0 spiro atoms. The van der Waals surface area contributed by atoms with Crippen LogP contribution in [0.1, 0.15) is 28.1 Å². The summed E-state index contributed by atoms with van der Waals surface area (Å²) < 4.78 is 38.7. The second-order valence-electron chi connectivity index (χ2n) is 8.75. The summed E-state index contributed by atoms with van der Waals surface area (Å²) in [4.78, 5) is 15.6. The second kappa shape index (κ2) is 12.3. The summed E-state index contributed by atoms with van der Waals surface area (Å²) in [6.07, 6.45) is 1.85. The number of nitrogens with one attached hydrogen (secondary N) is 2. The fourth-order valence-corrected chi connectivity index (χ4v) is 7.25. The molecule has 0 saturated carbocycles. The molecule has 2 aliphatic heterocycles. The fraction of sp³-hybridized carbons (Fsp3) is 0.542. The van der Waals surface area contributed by atoms with Crippen molar-refractivity contribution in [1.29, 1.82) is 0 Å². The Balaban J connectivity index is 1.23. The number of amides is 1. The molecule has 1 unspecified atom stereocenters. The van der Waals surface area contributed by atoms with Crippen LogP contribution < -0.4 is 15.4 Å². The third-order valence-electron chi connectivity index (χ3n) is 6.33. The van der Waals surface area contributed by atoms with Crippen LogP contribution >= 0.6 is 11.3 Å². The first-order valence-electron chi connectivity index (χ1n) is 12.0. The topological polar surface area (TPSA) is 100 Å².